The van der Waals surface area contributed by atoms with Crippen molar-refractivity contribution in [2.75, 3.05) is 0 Å². The van der Waals surface area contributed by atoms with Crippen molar-refractivity contribution in [1.29, 1.82) is 0 Å². The Bertz CT molecular complexity index is 840. The Hall–Kier alpha value is -2.48. The summed E-state index contributed by atoms with van der Waals surface area (Å²) in [6.45, 7) is 0. The van der Waals surface area contributed by atoms with Crippen LogP contribution in [-0.4, -0.2) is 26.5 Å². The Labute approximate surface area is 154 Å². The summed E-state index contributed by atoms with van der Waals surface area (Å²) in [6.07, 6.45) is 0. The van der Waals surface area contributed by atoms with Gasteiger partial charge < -0.3 is 0 Å². The van der Waals surface area contributed by atoms with Crippen molar-refractivity contribution in [3.63, 3.8) is 0 Å². The first-order valence-corrected chi connectivity index (χ1v) is 10.5. The zero-order chi connectivity index (χ0) is 17.5. The summed E-state index contributed by atoms with van der Waals surface area (Å²) in [5, 5.41) is 0.918. The molecule has 0 spiro atoms. The average molecular weight is 393 g/mol. The van der Waals surface area contributed by atoms with Crippen LogP contribution in [0.15, 0.2) is 84.9 Å². The van der Waals surface area contributed by atoms with Gasteiger partial charge in [-0.3, -0.25) is 0 Å². The molecule has 0 aliphatic carbocycles. The number of carbonyl (C=O) groups excluding carboxylic acids is 2. The molecule has 0 N–H and O–H groups in total. The van der Waals surface area contributed by atoms with Gasteiger partial charge in [-0.15, -0.1) is 0 Å². The zero-order valence-corrected chi connectivity index (χ0v) is 15.4. The van der Waals surface area contributed by atoms with E-state index in [9.17, 15) is 9.59 Å². The molecule has 0 bridgehead atoms. The van der Waals surface area contributed by atoms with E-state index in [0.29, 0.717) is 16.2 Å². The Morgan fingerprint density at radius 1 is 0.560 bits per heavy atom. The number of carbonyl (C=O) groups is 2. The molecule has 2 nitrogen and oxygen atoms in total. The van der Waals surface area contributed by atoms with Crippen LogP contribution in [0.5, 0.6) is 0 Å². The third-order valence-electron chi connectivity index (χ3n) is 3.88. The molecule has 3 heteroatoms. The Kier molecular flexibility index (Phi) is 5.94. The average Bonchev–Trinajstić information content (AvgIpc) is 2.69. The second kappa shape index (κ2) is 8.57. The van der Waals surface area contributed by atoms with Gasteiger partial charge in [0, 0.05) is 0 Å². The van der Waals surface area contributed by atoms with Crippen molar-refractivity contribution in [3.05, 3.63) is 96.1 Å². The quantitative estimate of drug-likeness (QED) is 0.420. The number of rotatable bonds is 7. The molecule has 0 radical (unpaired) electrons. The molecule has 3 aromatic rings. The molecule has 0 aliphatic rings. The molecule has 0 amide bonds. The maximum atomic E-state index is 12.3. The Balaban J connectivity index is 1.54. The predicted molar refractivity (Wildman–Crippen MR) is 102 cm³/mol. The monoisotopic (exact) mass is 394 g/mol. The van der Waals surface area contributed by atoms with Crippen molar-refractivity contribution < 1.29 is 9.59 Å². The van der Waals surface area contributed by atoms with Crippen LogP contribution < -0.4 is 0 Å². The van der Waals surface area contributed by atoms with Crippen LogP contribution >= 0.6 is 0 Å². The number of Topliss-reactive ketones (excluding diaryl/α,β-unsaturated/α-hetero) is 2. The van der Waals surface area contributed by atoms with Crippen molar-refractivity contribution >= 4 is 26.5 Å². The van der Waals surface area contributed by atoms with E-state index in [4.69, 9.17) is 0 Å². The first-order valence-electron chi connectivity index (χ1n) is 8.09. The number of benzene rings is 3. The molecule has 3 rings (SSSR count). The molecule has 0 fully saturated rings. The van der Waals surface area contributed by atoms with Crippen molar-refractivity contribution in [1.82, 2.24) is 0 Å². The first kappa shape index (κ1) is 17.3. The van der Waals surface area contributed by atoms with E-state index in [0.717, 1.165) is 16.7 Å². The molecular weight excluding hydrogens is 375 g/mol. The molecule has 0 saturated carbocycles. The summed E-state index contributed by atoms with van der Waals surface area (Å²) in [5.41, 5.74) is 3.68. The van der Waals surface area contributed by atoms with Gasteiger partial charge in [-0.1, -0.05) is 0 Å². The van der Waals surface area contributed by atoms with Gasteiger partial charge in [0.05, 0.1) is 0 Å². The minimum absolute atomic E-state index is 0.0118. The fraction of sp³-hybridized carbons (Fsp3) is 0.0909. The fourth-order valence-electron chi connectivity index (χ4n) is 2.51. The molecule has 124 valence electrons. The van der Waals surface area contributed by atoms with Gasteiger partial charge in [-0.05, 0) is 0 Å². The molecule has 0 heterocycles. The normalized spacial score (nSPS) is 10.4. The van der Waals surface area contributed by atoms with E-state index in [1.54, 1.807) is 0 Å². The first-order chi connectivity index (χ1) is 12.2. The summed E-state index contributed by atoms with van der Waals surface area (Å²) < 4.78 is 0. The van der Waals surface area contributed by atoms with Crippen LogP contribution in [0.1, 0.15) is 20.7 Å². The number of ketones is 2. The maximum absolute atomic E-state index is 12.3. The molecule has 0 saturated heterocycles. The van der Waals surface area contributed by atoms with Gasteiger partial charge >= 0.3 is 154 Å². The third-order valence-corrected chi connectivity index (χ3v) is 5.83. The van der Waals surface area contributed by atoms with Gasteiger partial charge in [0.1, 0.15) is 0 Å². The van der Waals surface area contributed by atoms with E-state index >= 15 is 0 Å². The minimum atomic E-state index is -0.0118. The summed E-state index contributed by atoms with van der Waals surface area (Å²) in [6, 6.07) is 27.1. The summed E-state index contributed by atoms with van der Waals surface area (Å²) in [4.78, 5) is 24.4. The van der Waals surface area contributed by atoms with Crippen molar-refractivity contribution in [3.8, 4) is 11.1 Å². The van der Waals surface area contributed by atoms with Gasteiger partial charge in [-0.25, -0.2) is 0 Å². The number of hydrogen-bond acceptors (Lipinski definition) is 2. The van der Waals surface area contributed by atoms with Crippen LogP contribution in [0.4, 0.5) is 0 Å². The molecule has 0 unspecified atom stereocenters. The Morgan fingerprint density at radius 2 is 1.00 bits per heavy atom. The second-order valence-electron chi connectivity index (χ2n) is 5.65. The molecule has 0 aromatic heterocycles. The zero-order valence-electron chi connectivity index (χ0n) is 13.7. The second-order valence-corrected chi connectivity index (χ2v) is 7.72. The fourth-order valence-corrected chi connectivity index (χ4v) is 4.20. The third kappa shape index (κ3) is 4.76. The van der Waals surface area contributed by atoms with Gasteiger partial charge in [0.2, 0.25) is 0 Å². The van der Waals surface area contributed by atoms with Crippen LogP contribution in [0.3, 0.4) is 0 Å². The van der Waals surface area contributed by atoms with E-state index in [1.165, 1.54) is 0 Å². The predicted octanol–water partition coefficient (Wildman–Crippen LogP) is 4.96. The van der Waals surface area contributed by atoms with Gasteiger partial charge in [0.25, 0.3) is 0 Å². The van der Waals surface area contributed by atoms with Crippen LogP contribution in [0.25, 0.3) is 11.1 Å². The Morgan fingerprint density at radius 3 is 1.56 bits per heavy atom. The SMILES string of the molecule is O=C(C[Se]CC(=O)c1ccc(-c2ccccc2)cc1)c1ccccc1. The topological polar surface area (TPSA) is 34.1 Å². The van der Waals surface area contributed by atoms with Crippen molar-refractivity contribution in [2.24, 2.45) is 0 Å². The van der Waals surface area contributed by atoms with E-state index in [2.05, 4.69) is 12.1 Å². The molecule has 0 atom stereocenters. The summed E-state index contributed by atoms with van der Waals surface area (Å²) in [5.74, 6) is 0.230. The van der Waals surface area contributed by atoms with Gasteiger partial charge in [-0.2, -0.15) is 0 Å². The number of hydrogen-bond donors (Lipinski definition) is 0. The van der Waals surface area contributed by atoms with E-state index in [-0.39, 0.29) is 26.5 Å². The molecular formula is C22H18O2Se. The summed E-state index contributed by atoms with van der Waals surface area (Å²) in [7, 11) is 0. The van der Waals surface area contributed by atoms with Crippen LogP contribution in [-0.2, 0) is 0 Å². The molecule has 25 heavy (non-hydrogen) atoms. The van der Waals surface area contributed by atoms with E-state index in [1.807, 2.05) is 72.8 Å². The molecule has 3 aromatic carbocycles. The summed E-state index contributed by atoms with van der Waals surface area (Å²) >= 11 is -0.0118. The molecule has 0 aliphatic heterocycles. The van der Waals surface area contributed by atoms with Crippen molar-refractivity contribution in [2.45, 2.75) is 10.6 Å². The van der Waals surface area contributed by atoms with Crippen LogP contribution in [0.2, 0.25) is 10.6 Å². The van der Waals surface area contributed by atoms with Crippen LogP contribution in [0, 0.1) is 0 Å². The van der Waals surface area contributed by atoms with Gasteiger partial charge in [0.15, 0.2) is 0 Å². The standard InChI is InChI=1S/C22H18O2Se/c23-21(19-9-5-2-6-10-19)15-25-16-22(24)20-13-11-18(12-14-20)17-7-3-1-4-8-17/h1-14H,15-16H2. The van der Waals surface area contributed by atoms with E-state index < -0.39 is 0 Å².